The number of aromatic nitrogens is 2. The molecule has 0 spiro atoms. The van der Waals surface area contributed by atoms with E-state index in [4.69, 9.17) is 23.2 Å². The van der Waals surface area contributed by atoms with Gasteiger partial charge in [0.2, 0.25) is 0 Å². The molecule has 10 heteroatoms. The smallest absolute Gasteiger partial charge is 0.275 e. The molecular weight excluding hydrogens is 393 g/mol. The lowest BCUT2D eigenvalue weighted by Crippen LogP contribution is -2.22. The highest BCUT2D eigenvalue weighted by atomic mass is 35.5. The Balaban J connectivity index is 1.82. The van der Waals surface area contributed by atoms with Crippen molar-refractivity contribution in [2.45, 2.75) is 0 Å². The maximum atomic E-state index is 12.4. The summed E-state index contributed by atoms with van der Waals surface area (Å²) in [4.78, 5) is 22.7. The Morgan fingerprint density at radius 3 is 2.63 bits per heavy atom. The van der Waals surface area contributed by atoms with E-state index >= 15 is 0 Å². The summed E-state index contributed by atoms with van der Waals surface area (Å²) in [6.45, 7) is 0. The van der Waals surface area contributed by atoms with Crippen LogP contribution in [0, 0.1) is 10.1 Å². The van der Waals surface area contributed by atoms with Gasteiger partial charge in [-0.25, -0.2) is 0 Å². The summed E-state index contributed by atoms with van der Waals surface area (Å²) in [7, 11) is 0. The van der Waals surface area contributed by atoms with Crippen molar-refractivity contribution in [3.63, 3.8) is 0 Å². The van der Waals surface area contributed by atoms with Gasteiger partial charge in [-0.2, -0.15) is 14.9 Å². The zero-order valence-corrected chi connectivity index (χ0v) is 15.1. The first-order valence-corrected chi connectivity index (χ1v) is 8.29. The number of nitro benzene ring substituents is 1. The molecule has 8 nitrogen and oxygen atoms in total. The maximum absolute atomic E-state index is 12.4. The van der Waals surface area contributed by atoms with E-state index in [0.29, 0.717) is 11.3 Å². The van der Waals surface area contributed by atoms with Crippen LogP contribution in [0.25, 0.3) is 5.69 Å². The van der Waals surface area contributed by atoms with Gasteiger partial charge in [-0.05, 0) is 18.2 Å². The quantitative estimate of drug-likeness (QED) is 0.395. The molecule has 0 amide bonds. The first-order valence-electron chi connectivity index (χ1n) is 7.53. The first kappa shape index (κ1) is 18.6. The number of rotatable bonds is 5. The van der Waals surface area contributed by atoms with Gasteiger partial charge in [0, 0.05) is 11.6 Å². The number of para-hydroxylation sites is 1. The van der Waals surface area contributed by atoms with Gasteiger partial charge in [-0.3, -0.25) is 20.3 Å². The standard InChI is InChI=1S/C17H11Cl2N5O3/c18-13-7-6-11(8-15(13)24(26)27)9-20-22-14-10-21-23(17(25)16(14)19)12-4-2-1-3-5-12/h1-10,22H/b20-9-. The minimum absolute atomic E-state index is 0.0295. The zero-order valence-electron chi connectivity index (χ0n) is 13.5. The normalized spacial score (nSPS) is 10.9. The van der Waals surface area contributed by atoms with Crippen LogP contribution in [-0.2, 0) is 0 Å². The Labute approximate surface area is 162 Å². The molecule has 27 heavy (non-hydrogen) atoms. The predicted molar refractivity (Wildman–Crippen MR) is 104 cm³/mol. The molecular formula is C17H11Cl2N5O3. The SMILES string of the molecule is O=c1c(Cl)c(N/N=C\c2ccc(Cl)c([N+](=O)[O-])c2)cnn1-c1ccccc1. The molecule has 0 bridgehead atoms. The number of nitrogens with zero attached hydrogens (tertiary/aromatic N) is 4. The van der Waals surface area contributed by atoms with E-state index in [0.717, 1.165) is 0 Å². The van der Waals surface area contributed by atoms with Crippen molar-refractivity contribution in [2.24, 2.45) is 5.10 Å². The largest absolute Gasteiger partial charge is 0.292 e. The molecule has 1 heterocycles. The summed E-state index contributed by atoms with van der Waals surface area (Å²) in [6, 6.07) is 13.1. The van der Waals surface area contributed by atoms with E-state index in [1.807, 2.05) is 6.07 Å². The van der Waals surface area contributed by atoms with Gasteiger partial charge < -0.3 is 0 Å². The Bertz CT molecular complexity index is 1080. The molecule has 0 unspecified atom stereocenters. The fraction of sp³-hybridized carbons (Fsp3) is 0. The second kappa shape index (κ2) is 7.98. The lowest BCUT2D eigenvalue weighted by molar-refractivity contribution is -0.384. The van der Waals surface area contributed by atoms with Crippen molar-refractivity contribution in [3.05, 3.63) is 90.8 Å². The second-order valence-electron chi connectivity index (χ2n) is 5.26. The van der Waals surface area contributed by atoms with Crippen LogP contribution in [0.5, 0.6) is 0 Å². The molecule has 0 fully saturated rings. The van der Waals surface area contributed by atoms with Crippen molar-refractivity contribution in [2.75, 3.05) is 5.43 Å². The van der Waals surface area contributed by atoms with Crippen molar-refractivity contribution in [3.8, 4) is 5.69 Å². The van der Waals surface area contributed by atoms with Gasteiger partial charge in [0.25, 0.3) is 11.2 Å². The van der Waals surface area contributed by atoms with Crippen LogP contribution in [-0.4, -0.2) is 20.9 Å². The molecule has 0 aliphatic heterocycles. The highest BCUT2D eigenvalue weighted by Gasteiger charge is 2.12. The van der Waals surface area contributed by atoms with Crippen LogP contribution in [0.4, 0.5) is 11.4 Å². The molecule has 136 valence electrons. The third kappa shape index (κ3) is 4.13. The number of hydrazone groups is 1. The van der Waals surface area contributed by atoms with E-state index in [1.165, 1.54) is 29.2 Å². The minimum Gasteiger partial charge on any atom is -0.275 e. The molecule has 0 aliphatic rings. The summed E-state index contributed by atoms with van der Waals surface area (Å²) >= 11 is 11.9. The highest BCUT2D eigenvalue weighted by Crippen LogP contribution is 2.24. The van der Waals surface area contributed by atoms with E-state index < -0.39 is 10.5 Å². The van der Waals surface area contributed by atoms with Crippen LogP contribution in [0.1, 0.15) is 5.56 Å². The van der Waals surface area contributed by atoms with Crippen LogP contribution < -0.4 is 11.0 Å². The second-order valence-corrected chi connectivity index (χ2v) is 6.05. The third-order valence-electron chi connectivity index (χ3n) is 3.49. The van der Waals surface area contributed by atoms with Crippen molar-refractivity contribution >= 4 is 40.8 Å². The van der Waals surface area contributed by atoms with Crippen molar-refractivity contribution in [1.82, 2.24) is 9.78 Å². The summed E-state index contributed by atoms with van der Waals surface area (Å²) < 4.78 is 1.17. The van der Waals surface area contributed by atoms with Gasteiger partial charge in [-0.15, -0.1) is 0 Å². The average Bonchev–Trinajstić information content (AvgIpc) is 2.67. The summed E-state index contributed by atoms with van der Waals surface area (Å²) in [5, 5.41) is 18.8. The van der Waals surface area contributed by atoms with E-state index in [1.54, 1.807) is 30.3 Å². The Morgan fingerprint density at radius 2 is 1.93 bits per heavy atom. The summed E-state index contributed by atoms with van der Waals surface area (Å²) in [6.07, 6.45) is 2.70. The third-order valence-corrected chi connectivity index (χ3v) is 4.17. The molecule has 0 saturated carbocycles. The Morgan fingerprint density at radius 1 is 1.19 bits per heavy atom. The Hall–Kier alpha value is -3.23. The van der Waals surface area contributed by atoms with E-state index in [-0.39, 0.29) is 21.4 Å². The number of halogens is 2. The molecule has 0 atom stereocenters. The molecule has 1 aromatic heterocycles. The topological polar surface area (TPSA) is 102 Å². The Kier molecular flexibility index (Phi) is 5.49. The fourth-order valence-electron chi connectivity index (χ4n) is 2.19. The number of hydrogen-bond donors (Lipinski definition) is 1. The van der Waals surface area contributed by atoms with Crippen LogP contribution >= 0.6 is 23.2 Å². The number of nitro groups is 1. The van der Waals surface area contributed by atoms with Gasteiger partial charge in [0.15, 0.2) is 0 Å². The van der Waals surface area contributed by atoms with Crippen LogP contribution in [0.3, 0.4) is 0 Å². The summed E-state index contributed by atoms with van der Waals surface area (Å²) in [5.41, 5.74) is 3.09. The van der Waals surface area contributed by atoms with Gasteiger partial charge in [0.1, 0.15) is 15.7 Å². The summed E-state index contributed by atoms with van der Waals surface area (Å²) in [5.74, 6) is 0. The molecule has 0 radical (unpaired) electrons. The van der Waals surface area contributed by atoms with Crippen molar-refractivity contribution in [1.29, 1.82) is 0 Å². The molecule has 0 saturated heterocycles. The van der Waals surface area contributed by atoms with Crippen LogP contribution in [0.2, 0.25) is 10.0 Å². The molecule has 3 rings (SSSR count). The zero-order chi connectivity index (χ0) is 19.4. The van der Waals surface area contributed by atoms with Crippen LogP contribution in [0.15, 0.2) is 64.6 Å². The monoisotopic (exact) mass is 403 g/mol. The van der Waals surface area contributed by atoms with Crippen molar-refractivity contribution < 1.29 is 4.92 Å². The average molecular weight is 404 g/mol. The molecule has 0 aliphatic carbocycles. The maximum Gasteiger partial charge on any atom is 0.292 e. The van der Waals surface area contributed by atoms with E-state index in [9.17, 15) is 14.9 Å². The number of hydrogen-bond acceptors (Lipinski definition) is 6. The predicted octanol–water partition coefficient (Wildman–Crippen LogP) is 3.89. The molecule has 2 aromatic carbocycles. The highest BCUT2D eigenvalue weighted by molar-refractivity contribution is 6.33. The van der Waals surface area contributed by atoms with E-state index in [2.05, 4.69) is 15.6 Å². The number of anilines is 1. The number of benzene rings is 2. The fourth-order valence-corrected chi connectivity index (χ4v) is 2.55. The van der Waals surface area contributed by atoms with Gasteiger partial charge >= 0.3 is 0 Å². The molecule has 3 aromatic rings. The lowest BCUT2D eigenvalue weighted by Gasteiger charge is -2.07. The minimum atomic E-state index is -0.586. The van der Waals surface area contributed by atoms with Gasteiger partial charge in [-0.1, -0.05) is 47.5 Å². The lowest BCUT2D eigenvalue weighted by atomic mass is 10.2. The first-order chi connectivity index (χ1) is 13.0. The molecule has 1 N–H and O–H groups in total. The van der Waals surface area contributed by atoms with Gasteiger partial charge in [0.05, 0.1) is 23.0 Å². The number of nitrogens with one attached hydrogen (secondary N) is 1.